The quantitative estimate of drug-likeness (QED) is 0.648. The van der Waals surface area contributed by atoms with E-state index in [2.05, 4.69) is 10.4 Å². The number of nitrogens with zero attached hydrogens (tertiary/aromatic N) is 3. The smallest absolute Gasteiger partial charge is 0.320 e. The second-order valence-electron chi connectivity index (χ2n) is 4.47. The molecule has 1 aromatic heterocycles. The van der Waals surface area contributed by atoms with Crippen LogP contribution in [0.15, 0.2) is 36.5 Å². The maximum atomic E-state index is 12.0. The molecule has 0 saturated heterocycles. The number of hydrogen-bond acceptors (Lipinski definition) is 4. The number of carbonyl (C=O) groups excluding carboxylic acids is 1. The Hall–Kier alpha value is -2.70. The molecule has 1 amide bonds. The minimum atomic E-state index is -0.592. The molecule has 7 heteroatoms. The molecule has 1 heterocycles. The van der Waals surface area contributed by atoms with Crippen molar-refractivity contribution in [3.63, 3.8) is 0 Å². The van der Waals surface area contributed by atoms with Crippen molar-refractivity contribution in [3.8, 4) is 0 Å². The van der Waals surface area contributed by atoms with Gasteiger partial charge < -0.3 is 5.32 Å². The lowest BCUT2D eigenvalue weighted by atomic mass is 10.1. The molecule has 1 aromatic carbocycles. The number of hydrogen-bond donors (Lipinski definition) is 1. The summed E-state index contributed by atoms with van der Waals surface area (Å²) >= 11 is 0. The zero-order chi connectivity index (χ0) is 15.2. The predicted molar refractivity (Wildman–Crippen MR) is 77.0 cm³/mol. The maximum absolute atomic E-state index is 12.0. The van der Waals surface area contributed by atoms with E-state index in [4.69, 9.17) is 0 Å². The molecule has 0 atom stereocenters. The Labute approximate surface area is 121 Å². The molecule has 0 bridgehead atoms. The molecule has 0 saturated carbocycles. The molecule has 2 rings (SSSR count). The lowest BCUT2D eigenvalue weighted by Gasteiger charge is -2.03. The third-order valence-electron chi connectivity index (χ3n) is 3.02. The van der Waals surface area contributed by atoms with E-state index in [1.165, 1.54) is 10.9 Å². The average molecular weight is 288 g/mol. The monoisotopic (exact) mass is 288 g/mol. The summed E-state index contributed by atoms with van der Waals surface area (Å²) in [6.07, 6.45) is 1.93. The first kappa shape index (κ1) is 14.7. The molecule has 0 spiro atoms. The van der Waals surface area contributed by atoms with Crippen molar-refractivity contribution < 1.29 is 9.72 Å². The van der Waals surface area contributed by atoms with Gasteiger partial charge in [0, 0.05) is 13.1 Å². The van der Waals surface area contributed by atoms with E-state index >= 15 is 0 Å². The Balaban J connectivity index is 2.00. The minimum absolute atomic E-state index is 0.144. The van der Waals surface area contributed by atoms with Crippen molar-refractivity contribution >= 4 is 11.6 Å². The highest BCUT2D eigenvalue weighted by atomic mass is 16.6. The molecular formula is C14H16N4O3. The number of nitrogens with one attached hydrogen (secondary N) is 1. The summed E-state index contributed by atoms with van der Waals surface area (Å²) in [7, 11) is 0. The first-order valence-electron chi connectivity index (χ1n) is 6.65. The largest absolute Gasteiger partial charge is 0.350 e. The second kappa shape index (κ2) is 6.65. The van der Waals surface area contributed by atoms with E-state index in [0.717, 1.165) is 5.56 Å². The second-order valence-corrected chi connectivity index (χ2v) is 4.47. The van der Waals surface area contributed by atoms with Gasteiger partial charge in [-0.05, 0) is 18.9 Å². The Morgan fingerprint density at radius 1 is 1.38 bits per heavy atom. The fourth-order valence-corrected chi connectivity index (χ4v) is 1.92. The van der Waals surface area contributed by atoms with Crippen LogP contribution in [0.2, 0.25) is 0 Å². The van der Waals surface area contributed by atoms with Crippen molar-refractivity contribution in [2.45, 2.75) is 19.9 Å². The van der Waals surface area contributed by atoms with Gasteiger partial charge in [-0.15, -0.1) is 0 Å². The van der Waals surface area contributed by atoms with Gasteiger partial charge in [0.15, 0.2) is 0 Å². The van der Waals surface area contributed by atoms with Crippen LogP contribution >= 0.6 is 0 Å². The van der Waals surface area contributed by atoms with Gasteiger partial charge in [0.2, 0.25) is 5.69 Å². The first-order valence-corrected chi connectivity index (χ1v) is 6.65. The summed E-state index contributed by atoms with van der Waals surface area (Å²) in [6.45, 7) is 2.67. The summed E-state index contributed by atoms with van der Waals surface area (Å²) < 4.78 is 1.38. The van der Waals surface area contributed by atoms with Crippen LogP contribution in [0.5, 0.6) is 0 Å². The van der Waals surface area contributed by atoms with Gasteiger partial charge in [0.05, 0.1) is 4.92 Å². The van der Waals surface area contributed by atoms with E-state index in [1.807, 2.05) is 30.3 Å². The fraction of sp³-hybridized carbons (Fsp3) is 0.286. The van der Waals surface area contributed by atoms with E-state index < -0.39 is 10.8 Å². The number of rotatable bonds is 6. The lowest BCUT2D eigenvalue weighted by Crippen LogP contribution is -2.26. The summed E-state index contributed by atoms with van der Waals surface area (Å²) in [5, 5.41) is 17.5. The van der Waals surface area contributed by atoms with Gasteiger partial charge in [-0.1, -0.05) is 30.3 Å². The lowest BCUT2D eigenvalue weighted by molar-refractivity contribution is -0.385. The molecule has 110 valence electrons. The van der Waals surface area contributed by atoms with Gasteiger partial charge in [-0.25, -0.2) is 0 Å². The van der Waals surface area contributed by atoms with E-state index in [9.17, 15) is 14.9 Å². The van der Waals surface area contributed by atoms with Gasteiger partial charge in [-0.3, -0.25) is 19.6 Å². The number of nitro groups is 1. The third kappa shape index (κ3) is 3.65. The van der Waals surface area contributed by atoms with Crippen LogP contribution < -0.4 is 5.32 Å². The Morgan fingerprint density at radius 2 is 2.10 bits per heavy atom. The molecule has 7 nitrogen and oxygen atoms in total. The van der Waals surface area contributed by atoms with Gasteiger partial charge in [0.25, 0.3) is 5.91 Å². The van der Waals surface area contributed by atoms with E-state index in [0.29, 0.717) is 19.5 Å². The number of amides is 1. The van der Waals surface area contributed by atoms with Crippen molar-refractivity contribution in [3.05, 3.63) is 57.9 Å². The Kier molecular flexibility index (Phi) is 4.65. The summed E-state index contributed by atoms with van der Waals surface area (Å²) in [5.74, 6) is -0.523. The minimum Gasteiger partial charge on any atom is -0.350 e. The molecule has 2 aromatic rings. The highest BCUT2D eigenvalue weighted by Gasteiger charge is 2.24. The SMILES string of the molecule is CCn1cc([N+](=O)[O-])c(C(=O)NCCc2ccccc2)n1. The van der Waals surface area contributed by atoms with Crippen LogP contribution in [0.1, 0.15) is 23.0 Å². The Morgan fingerprint density at radius 3 is 2.71 bits per heavy atom. The van der Waals surface area contributed by atoms with E-state index in [-0.39, 0.29) is 11.4 Å². The van der Waals surface area contributed by atoms with Crippen LogP contribution in [0.4, 0.5) is 5.69 Å². The van der Waals surface area contributed by atoms with Crippen molar-refractivity contribution in [2.24, 2.45) is 0 Å². The molecule has 21 heavy (non-hydrogen) atoms. The van der Waals surface area contributed by atoms with Gasteiger partial charge >= 0.3 is 5.69 Å². The van der Waals surface area contributed by atoms with Crippen molar-refractivity contribution in [1.29, 1.82) is 0 Å². The van der Waals surface area contributed by atoms with Crippen molar-refractivity contribution in [2.75, 3.05) is 6.54 Å². The maximum Gasteiger partial charge on any atom is 0.320 e. The zero-order valence-corrected chi connectivity index (χ0v) is 11.7. The van der Waals surface area contributed by atoms with Crippen LogP contribution in [-0.2, 0) is 13.0 Å². The van der Waals surface area contributed by atoms with Crippen LogP contribution in [-0.4, -0.2) is 27.2 Å². The highest BCUT2D eigenvalue weighted by molar-refractivity contribution is 5.96. The molecule has 0 unspecified atom stereocenters. The summed E-state index contributed by atoms with van der Waals surface area (Å²) in [5.41, 5.74) is 0.676. The summed E-state index contributed by atoms with van der Waals surface area (Å²) in [4.78, 5) is 22.3. The number of benzene rings is 1. The number of carbonyl (C=O) groups is 1. The normalized spacial score (nSPS) is 10.3. The molecule has 0 aliphatic rings. The summed E-state index contributed by atoms with van der Waals surface area (Å²) in [6, 6.07) is 9.68. The van der Waals surface area contributed by atoms with Crippen LogP contribution in [0.3, 0.4) is 0 Å². The zero-order valence-electron chi connectivity index (χ0n) is 11.7. The van der Waals surface area contributed by atoms with Crippen molar-refractivity contribution in [1.82, 2.24) is 15.1 Å². The molecule has 0 fully saturated rings. The fourth-order valence-electron chi connectivity index (χ4n) is 1.92. The predicted octanol–water partition coefficient (Wildman–Crippen LogP) is 1.78. The molecule has 0 radical (unpaired) electrons. The first-order chi connectivity index (χ1) is 10.1. The number of aromatic nitrogens is 2. The van der Waals surface area contributed by atoms with E-state index in [1.54, 1.807) is 6.92 Å². The van der Waals surface area contributed by atoms with Crippen LogP contribution in [0, 0.1) is 10.1 Å². The topological polar surface area (TPSA) is 90.1 Å². The van der Waals surface area contributed by atoms with Crippen LogP contribution in [0.25, 0.3) is 0 Å². The molecule has 0 aliphatic heterocycles. The standard InChI is InChI=1S/C14H16N4O3/c1-2-17-10-12(18(20)21)13(16-17)14(19)15-9-8-11-6-4-3-5-7-11/h3-7,10H,2,8-9H2,1H3,(H,15,19). The Bertz CT molecular complexity index is 637. The van der Waals surface area contributed by atoms with Gasteiger partial charge in [-0.2, -0.15) is 5.10 Å². The molecular weight excluding hydrogens is 272 g/mol. The van der Waals surface area contributed by atoms with Gasteiger partial charge in [0.1, 0.15) is 6.20 Å². The average Bonchev–Trinajstić information content (AvgIpc) is 2.93. The third-order valence-corrected chi connectivity index (χ3v) is 3.02. The number of aryl methyl sites for hydroxylation is 1. The molecule has 0 aliphatic carbocycles. The highest BCUT2D eigenvalue weighted by Crippen LogP contribution is 2.16. The molecule has 1 N–H and O–H groups in total.